The van der Waals surface area contributed by atoms with E-state index in [-0.39, 0.29) is 47.4 Å². The number of aliphatic hydroxyl groups excluding tert-OH is 1. The number of methoxy groups -OCH3 is 3. The van der Waals surface area contributed by atoms with Crippen molar-refractivity contribution in [2.45, 2.75) is 4.90 Å². The fraction of sp³-hybridized carbons (Fsp3) is 0.269. The second-order valence-corrected chi connectivity index (χ2v) is 12.5. The van der Waals surface area contributed by atoms with E-state index >= 15 is 0 Å². The Bertz CT molecular complexity index is 1690. The number of ether oxygens (including phenoxy) is 3. The Morgan fingerprint density at radius 2 is 1.38 bits per heavy atom. The first-order chi connectivity index (χ1) is 20.9. The van der Waals surface area contributed by atoms with Gasteiger partial charge in [0.1, 0.15) is 16.4 Å². The zero-order valence-corrected chi connectivity index (χ0v) is 26.4. The fourth-order valence-electron chi connectivity index (χ4n) is 3.38. The molecule has 0 aromatic heterocycles. The van der Waals surface area contributed by atoms with E-state index in [1.165, 1.54) is 21.3 Å². The van der Waals surface area contributed by atoms with Gasteiger partial charge in [0.15, 0.2) is 9.84 Å². The van der Waals surface area contributed by atoms with Crippen molar-refractivity contribution < 1.29 is 45.5 Å². The molecule has 0 atom stereocenters. The molecule has 0 bridgehead atoms. The molecule has 0 spiro atoms. The molecule has 250 valence electrons. The Balaban J connectivity index is 0.000000354. The van der Waals surface area contributed by atoms with Crippen molar-refractivity contribution in [2.75, 3.05) is 85.7 Å². The molecule has 3 aromatic rings. The highest BCUT2D eigenvalue weighted by Gasteiger charge is 2.19. The maximum Gasteiger partial charge on any atom is 0.339 e. The number of esters is 1. The average molecular weight is 674 g/mol. The first kappa shape index (κ1) is 38.2. The zero-order chi connectivity index (χ0) is 34.5. The molecule has 3 aromatic carbocycles. The predicted octanol–water partition coefficient (Wildman–Crippen LogP) is 0.423. The number of rotatable bonds is 10. The quantitative estimate of drug-likeness (QED) is 0.0799. The van der Waals surface area contributed by atoms with Crippen LogP contribution in [0.25, 0.3) is 0 Å². The standard InChI is InChI=1S/C12H20N2O5S.C8H9NO2.C6H10N4O3S/c1-18-11-8-10(12(19-2)7-9(11)13)14-3-5-20(16,17)6-4-15;1-11-8(10)6-4-2-3-5-7(6)9;7-2-1-3(14(11,12)13)5(9)6(10)4(2)8/h7-8,14-15H,3-6,13H2,1-2H3;2-5H,9H2,1H3;1H,7-10H2,(H,11,12,13). The van der Waals surface area contributed by atoms with Crippen LogP contribution in [0.2, 0.25) is 0 Å². The van der Waals surface area contributed by atoms with Gasteiger partial charge in [-0.25, -0.2) is 13.2 Å². The molecule has 0 unspecified atom stereocenters. The van der Waals surface area contributed by atoms with Crippen LogP contribution in [0.5, 0.6) is 11.5 Å². The number of anilines is 7. The lowest BCUT2D eigenvalue weighted by atomic mass is 10.2. The molecule has 17 nitrogen and oxygen atoms in total. The van der Waals surface area contributed by atoms with Crippen LogP contribution in [-0.4, -0.2) is 78.5 Å². The van der Waals surface area contributed by atoms with E-state index in [1.807, 2.05) is 0 Å². The van der Waals surface area contributed by atoms with Crippen LogP contribution in [0.4, 0.5) is 39.8 Å². The Labute approximate surface area is 261 Å². The van der Waals surface area contributed by atoms with Crippen LogP contribution >= 0.6 is 0 Å². The number of nitrogens with one attached hydrogen (secondary N) is 1. The van der Waals surface area contributed by atoms with Gasteiger partial charge in [0.05, 0.1) is 79.1 Å². The summed E-state index contributed by atoms with van der Waals surface area (Å²) < 4.78 is 68.1. The number of carbonyl (C=O) groups excluding carboxylic acids is 1. The van der Waals surface area contributed by atoms with Crippen LogP contribution in [0.3, 0.4) is 0 Å². The fourth-order valence-corrected chi connectivity index (χ4v) is 4.94. The normalized spacial score (nSPS) is 10.8. The molecule has 0 saturated carbocycles. The van der Waals surface area contributed by atoms with Crippen LogP contribution in [0, 0.1) is 0 Å². The average Bonchev–Trinajstić information content (AvgIpc) is 2.98. The predicted molar refractivity (Wildman–Crippen MR) is 174 cm³/mol. The Morgan fingerprint density at radius 1 is 0.778 bits per heavy atom. The largest absolute Gasteiger partial charge is 0.495 e. The molecule has 19 heteroatoms. The van der Waals surface area contributed by atoms with Gasteiger partial charge >= 0.3 is 5.97 Å². The van der Waals surface area contributed by atoms with Crippen LogP contribution in [0.15, 0.2) is 47.4 Å². The summed E-state index contributed by atoms with van der Waals surface area (Å²) in [5.74, 6) is 0.262. The number of hydrogen-bond donors (Lipinski definition) is 9. The monoisotopic (exact) mass is 673 g/mol. The molecule has 0 aliphatic rings. The molecular formula is C26H39N7O10S2. The second kappa shape index (κ2) is 16.9. The van der Waals surface area contributed by atoms with E-state index in [9.17, 15) is 21.6 Å². The summed E-state index contributed by atoms with van der Waals surface area (Å²) in [6.07, 6.45) is 0. The van der Waals surface area contributed by atoms with Crippen molar-refractivity contribution in [1.82, 2.24) is 0 Å². The first-order valence-electron chi connectivity index (χ1n) is 12.6. The minimum Gasteiger partial charge on any atom is -0.495 e. The van der Waals surface area contributed by atoms with Crippen LogP contribution in [-0.2, 0) is 24.7 Å². The van der Waals surface area contributed by atoms with Gasteiger partial charge in [0.25, 0.3) is 10.1 Å². The topological polar surface area (TPSA) is 322 Å². The number of benzene rings is 3. The van der Waals surface area contributed by atoms with Crippen molar-refractivity contribution in [1.29, 1.82) is 0 Å². The SMILES string of the molecule is COC(=O)c1ccccc1N.COc1cc(NCCS(=O)(=O)CCO)c(OC)cc1N.Nc1cc(S(=O)(=O)O)c(N)c(N)c1N. The van der Waals surface area contributed by atoms with Crippen LogP contribution in [0.1, 0.15) is 10.4 Å². The third-order valence-electron chi connectivity index (χ3n) is 5.77. The Kier molecular flexibility index (Phi) is 14.3. The smallest absolute Gasteiger partial charge is 0.339 e. The van der Waals surface area contributed by atoms with Crippen molar-refractivity contribution in [3.05, 3.63) is 48.0 Å². The molecule has 45 heavy (non-hydrogen) atoms. The molecule has 3 rings (SSSR count). The third-order valence-corrected chi connectivity index (χ3v) is 8.29. The summed E-state index contributed by atoms with van der Waals surface area (Å²) in [5.41, 5.74) is 34.1. The summed E-state index contributed by atoms with van der Waals surface area (Å²) in [6, 6.07) is 11.0. The van der Waals surface area contributed by atoms with Crippen LogP contribution < -0.4 is 49.2 Å². The zero-order valence-electron chi connectivity index (χ0n) is 24.8. The van der Waals surface area contributed by atoms with Gasteiger partial charge in [-0.1, -0.05) is 12.1 Å². The second-order valence-electron chi connectivity index (χ2n) is 8.86. The lowest BCUT2D eigenvalue weighted by Crippen LogP contribution is -2.20. The van der Waals surface area contributed by atoms with E-state index in [0.29, 0.717) is 34.1 Å². The summed E-state index contributed by atoms with van der Waals surface area (Å²) >= 11 is 0. The van der Waals surface area contributed by atoms with Gasteiger partial charge in [-0.3, -0.25) is 4.55 Å². The summed E-state index contributed by atoms with van der Waals surface area (Å²) in [4.78, 5) is 10.4. The molecular weight excluding hydrogens is 634 g/mol. The minimum absolute atomic E-state index is 0.00472. The van der Waals surface area contributed by atoms with Gasteiger partial charge in [-0.05, 0) is 18.2 Å². The molecule has 0 heterocycles. The number of nitrogen functional groups attached to an aromatic ring is 6. The van der Waals surface area contributed by atoms with E-state index in [2.05, 4.69) is 10.1 Å². The molecule has 0 radical (unpaired) electrons. The molecule has 0 saturated heterocycles. The summed E-state index contributed by atoms with van der Waals surface area (Å²) in [7, 11) is -3.37. The lowest BCUT2D eigenvalue weighted by Gasteiger charge is -2.14. The van der Waals surface area contributed by atoms with E-state index in [0.717, 1.165) is 6.07 Å². The van der Waals surface area contributed by atoms with Gasteiger partial charge in [0.2, 0.25) is 0 Å². The highest BCUT2D eigenvalue weighted by Crippen LogP contribution is 2.35. The number of nitrogens with two attached hydrogens (primary N) is 6. The number of para-hydroxylation sites is 1. The number of hydrogen-bond acceptors (Lipinski definition) is 16. The van der Waals surface area contributed by atoms with Crippen molar-refractivity contribution in [2.24, 2.45) is 0 Å². The van der Waals surface area contributed by atoms with Gasteiger partial charge in [-0.15, -0.1) is 0 Å². The number of aliphatic hydroxyl groups is 1. The summed E-state index contributed by atoms with van der Waals surface area (Å²) in [6.45, 7) is -0.173. The van der Waals surface area contributed by atoms with E-state index in [1.54, 1.807) is 36.4 Å². The van der Waals surface area contributed by atoms with Crippen molar-refractivity contribution in [3.8, 4) is 11.5 Å². The molecule has 0 aliphatic carbocycles. The minimum atomic E-state index is -4.44. The number of sulfone groups is 1. The van der Waals surface area contributed by atoms with E-state index in [4.69, 9.17) is 53.5 Å². The summed E-state index contributed by atoms with van der Waals surface area (Å²) in [5, 5.41) is 11.6. The van der Waals surface area contributed by atoms with Gasteiger partial charge in [-0.2, -0.15) is 8.42 Å². The molecule has 0 amide bonds. The highest BCUT2D eigenvalue weighted by atomic mass is 32.2. The van der Waals surface area contributed by atoms with Crippen molar-refractivity contribution >= 4 is 65.7 Å². The lowest BCUT2D eigenvalue weighted by molar-refractivity contribution is 0.0602. The Morgan fingerprint density at radius 3 is 1.89 bits per heavy atom. The maximum atomic E-state index is 11.5. The van der Waals surface area contributed by atoms with Crippen molar-refractivity contribution in [3.63, 3.8) is 0 Å². The Hall–Kier alpha value is -4.85. The molecule has 15 N–H and O–H groups in total. The molecule has 0 fully saturated rings. The third kappa shape index (κ3) is 11.3. The van der Waals surface area contributed by atoms with Gasteiger partial charge < -0.3 is 59.0 Å². The first-order valence-corrected chi connectivity index (χ1v) is 15.9. The van der Waals surface area contributed by atoms with E-state index < -0.39 is 30.8 Å². The maximum absolute atomic E-state index is 11.5. The van der Waals surface area contributed by atoms with Gasteiger partial charge in [0, 0.05) is 24.4 Å². The highest BCUT2D eigenvalue weighted by molar-refractivity contribution is 7.91. The number of carbonyl (C=O) groups is 1. The molecule has 0 aliphatic heterocycles.